The SMILES string of the molecule is CCC1CCCC1(O)c1cnccc1C. The largest absolute Gasteiger partial charge is 0.385 e. The van der Waals surface area contributed by atoms with Gasteiger partial charge in [-0.25, -0.2) is 0 Å². The van der Waals surface area contributed by atoms with E-state index in [0.717, 1.165) is 36.8 Å². The van der Waals surface area contributed by atoms with Gasteiger partial charge >= 0.3 is 0 Å². The standard InChI is InChI=1S/C13H19NO/c1-3-11-5-4-7-13(11,15)12-9-14-8-6-10(12)2/h6,8-9,11,15H,3-5,7H2,1-2H3. The third-order valence-corrected chi connectivity index (χ3v) is 3.78. The predicted molar refractivity (Wildman–Crippen MR) is 60.5 cm³/mol. The van der Waals surface area contributed by atoms with Crippen molar-refractivity contribution in [3.8, 4) is 0 Å². The van der Waals surface area contributed by atoms with Crippen LogP contribution in [0.4, 0.5) is 0 Å². The summed E-state index contributed by atoms with van der Waals surface area (Å²) in [4.78, 5) is 4.14. The van der Waals surface area contributed by atoms with Crippen molar-refractivity contribution in [3.05, 3.63) is 29.6 Å². The van der Waals surface area contributed by atoms with Crippen LogP contribution in [0.3, 0.4) is 0 Å². The van der Waals surface area contributed by atoms with Crippen LogP contribution < -0.4 is 0 Å². The predicted octanol–water partition coefficient (Wildman–Crippen LogP) is 2.79. The summed E-state index contributed by atoms with van der Waals surface area (Å²) < 4.78 is 0. The monoisotopic (exact) mass is 205 g/mol. The molecule has 2 atom stereocenters. The van der Waals surface area contributed by atoms with Gasteiger partial charge in [-0.15, -0.1) is 0 Å². The van der Waals surface area contributed by atoms with Crippen LogP contribution in [-0.4, -0.2) is 10.1 Å². The van der Waals surface area contributed by atoms with E-state index in [-0.39, 0.29) is 0 Å². The average Bonchev–Trinajstić information content (AvgIpc) is 2.61. The highest BCUT2D eigenvalue weighted by Gasteiger charge is 2.42. The first kappa shape index (κ1) is 10.6. The molecule has 0 aliphatic heterocycles. The first-order valence-electron chi connectivity index (χ1n) is 5.82. The Balaban J connectivity index is 2.40. The van der Waals surface area contributed by atoms with E-state index < -0.39 is 5.60 Å². The Hall–Kier alpha value is -0.890. The van der Waals surface area contributed by atoms with Gasteiger partial charge in [0.25, 0.3) is 0 Å². The molecule has 1 N–H and O–H groups in total. The fraction of sp³-hybridized carbons (Fsp3) is 0.615. The molecule has 1 aliphatic rings. The van der Waals surface area contributed by atoms with Crippen LogP contribution in [0.25, 0.3) is 0 Å². The van der Waals surface area contributed by atoms with Crippen LogP contribution >= 0.6 is 0 Å². The molecule has 1 aromatic rings. The Morgan fingerprint density at radius 1 is 1.60 bits per heavy atom. The number of pyridine rings is 1. The minimum atomic E-state index is -0.618. The van der Waals surface area contributed by atoms with Crippen molar-refractivity contribution in [1.29, 1.82) is 0 Å². The molecule has 0 saturated heterocycles. The Morgan fingerprint density at radius 2 is 2.40 bits per heavy atom. The summed E-state index contributed by atoms with van der Waals surface area (Å²) in [6.45, 7) is 4.21. The molecule has 82 valence electrons. The number of nitrogens with zero attached hydrogens (tertiary/aromatic N) is 1. The van der Waals surface area contributed by atoms with Crippen LogP contribution in [0.1, 0.15) is 43.7 Å². The van der Waals surface area contributed by atoms with Gasteiger partial charge in [-0.2, -0.15) is 0 Å². The number of rotatable bonds is 2. The van der Waals surface area contributed by atoms with Gasteiger partial charge in [-0.1, -0.05) is 13.3 Å². The Kier molecular flexibility index (Phi) is 2.79. The second-order valence-electron chi connectivity index (χ2n) is 4.61. The smallest absolute Gasteiger partial charge is 0.0941 e. The van der Waals surface area contributed by atoms with E-state index in [9.17, 15) is 5.11 Å². The molecule has 0 aromatic carbocycles. The second-order valence-corrected chi connectivity index (χ2v) is 4.61. The molecule has 0 amide bonds. The van der Waals surface area contributed by atoms with Crippen molar-refractivity contribution in [1.82, 2.24) is 4.98 Å². The van der Waals surface area contributed by atoms with Crippen LogP contribution in [0, 0.1) is 12.8 Å². The third-order valence-electron chi connectivity index (χ3n) is 3.78. The van der Waals surface area contributed by atoms with E-state index in [1.54, 1.807) is 6.20 Å². The van der Waals surface area contributed by atoms with Crippen LogP contribution in [0.2, 0.25) is 0 Å². The normalized spacial score (nSPS) is 30.7. The van der Waals surface area contributed by atoms with E-state index >= 15 is 0 Å². The molecular formula is C13H19NO. The number of hydrogen-bond acceptors (Lipinski definition) is 2. The van der Waals surface area contributed by atoms with Gasteiger partial charge in [0, 0.05) is 18.0 Å². The molecule has 1 fully saturated rings. The van der Waals surface area contributed by atoms with Gasteiger partial charge in [0.15, 0.2) is 0 Å². The van der Waals surface area contributed by atoms with E-state index in [1.807, 2.05) is 12.3 Å². The van der Waals surface area contributed by atoms with E-state index in [2.05, 4.69) is 18.8 Å². The molecule has 1 heterocycles. The summed E-state index contributed by atoms with van der Waals surface area (Å²) in [5.41, 5.74) is 1.58. The molecule has 2 rings (SSSR count). The molecule has 2 unspecified atom stereocenters. The second kappa shape index (κ2) is 3.93. The van der Waals surface area contributed by atoms with Crippen molar-refractivity contribution in [2.24, 2.45) is 5.92 Å². The molecule has 1 aromatic heterocycles. The minimum Gasteiger partial charge on any atom is -0.385 e. The maximum absolute atomic E-state index is 10.8. The zero-order valence-electron chi connectivity index (χ0n) is 9.53. The third kappa shape index (κ3) is 1.67. The molecule has 1 aliphatic carbocycles. The highest BCUT2D eigenvalue weighted by Crippen LogP contribution is 2.45. The quantitative estimate of drug-likeness (QED) is 0.805. The van der Waals surface area contributed by atoms with E-state index in [0.29, 0.717) is 5.92 Å². The summed E-state index contributed by atoms with van der Waals surface area (Å²) >= 11 is 0. The van der Waals surface area contributed by atoms with Gasteiger partial charge in [0.2, 0.25) is 0 Å². The zero-order chi connectivity index (χ0) is 10.9. The lowest BCUT2D eigenvalue weighted by Crippen LogP contribution is -2.30. The summed E-state index contributed by atoms with van der Waals surface area (Å²) in [5, 5.41) is 10.8. The number of aromatic nitrogens is 1. The average molecular weight is 205 g/mol. The Morgan fingerprint density at radius 3 is 3.07 bits per heavy atom. The zero-order valence-corrected chi connectivity index (χ0v) is 9.53. The Bertz CT molecular complexity index is 350. The lowest BCUT2D eigenvalue weighted by Gasteiger charge is -2.31. The van der Waals surface area contributed by atoms with E-state index in [4.69, 9.17) is 0 Å². The number of aliphatic hydroxyl groups is 1. The molecule has 2 heteroatoms. The molecule has 2 nitrogen and oxygen atoms in total. The van der Waals surface area contributed by atoms with Crippen molar-refractivity contribution in [2.75, 3.05) is 0 Å². The molecule has 0 radical (unpaired) electrons. The maximum Gasteiger partial charge on any atom is 0.0941 e. The molecule has 0 bridgehead atoms. The first-order valence-corrected chi connectivity index (χ1v) is 5.82. The first-order chi connectivity index (χ1) is 7.18. The number of aryl methyl sites for hydroxylation is 1. The topological polar surface area (TPSA) is 33.1 Å². The van der Waals surface area contributed by atoms with Crippen molar-refractivity contribution < 1.29 is 5.11 Å². The highest BCUT2D eigenvalue weighted by atomic mass is 16.3. The van der Waals surface area contributed by atoms with Gasteiger partial charge in [0.1, 0.15) is 0 Å². The van der Waals surface area contributed by atoms with Crippen LogP contribution in [0.15, 0.2) is 18.5 Å². The fourth-order valence-electron chi connectivity index (χ4n) is 2.87. The van der Waals surface area contributed by atoms with Crippen molar-refractivity contribution >= 4 is 0 Å². The van der Waals surface area contributed by atoms with Crippen LogP contribution in [0.5, 0.6) is 0 Å². The Labute approximate surface area is 91.4 Å². The molecule has 1 saturated carbocycles. The summed E-state index contributed by atoms with van der Waals surface area (Å²) in [6, 6.07) is 1.98. The summed E-state index contributed by atoms with van der Waals surface area (Å²) in [6.07, 6.45) is 7.83. The molecule has 0 spiro atoms. The summed E-state index contributed by atoms with van der Waals surface area (Å²) in [5.74, 6) is 0.403. The van der Waals surface area contributed by atoms with Gasteiger partial charge in [-0.05, 0) is 43.7 Å². The van der Waals surface area contributed by atoms with Crippen LogP contribution in [-0.2, 0) is 5.60 Å². The lowest BCUT2D eigenvalue weighted by molar-refractivity contribution is -0.00474. The van der Waals surface area contributed by atoms with E-state index in [1.165, 1.54) is 0 Å². The highest BCUT2D eigenvalue weighted by molar-refractivity contribution is 5.29. The maximum atomic E-state index is 10.8. The lowest BCUT2D eigenvalue weighted by atomic mass is 9.81. The van der Waals surface area contributed by atoms with Gasteiger partial charge in [0.05, 0.1) is 5.60 Å². The molecular weight excluding hydrogens is 186 g/mol. The number of hydrogen-bond donors (Lipinski definition) is 1. The van der Waals surface area contributed by atoms with Crippen molar-refractivity contribution in [3.63, 3.8) is 0 Å². The van der Waals surface area contributed by atoms with Gasteiger partial charge < -0.3 is 5.11 Å². The fourth-order valence-corrected chi connectivity index (χ4v) is 2.87. The summed E-state index contributed by atoms with van der Waals surface area (Å²) in [7, 11) is 0. The molecule has 15 heavy (non-hydrogen) atoms. The van der Waals surface area contributed by atoms with Crippen molar-refractivity contribution in [2.45, 2.75) is 45.1 Å². The van der Waals surface area contributed by atoms with Gasteiger partial charge in [-0.3, -0.25) is 4.98 Å². The minimum absolute atomic E-state index is 0.403.